The minimum Gasteiger partial charge on any atom is -0.507 e. The van der Waals surface area contributed by atoms with Gasteiger partial charge in [0, 0.05) is 29.2 Å². The first-order valence-corrected chi connectivity index (χ1v) is 10.8. The fourth-order valence-electron chi connectivity index (χ4n) is 4.03. The third-order valence-corrected chi connectivity index (χ3v) is 5.77. The number of phenols is 1. The van der Waals surface area contributed by atoms with Crippen LogP contribution in [0.15, 0.2) is 96.2 Å². The van der Waals surface area contributed by atoms with Crippen LogP contribution in [0.1, 0.15) is 27.0 Å². The molecule has 5 aromatic rings. The van der Waals surface area contributed by atoms with Crippen molar-refractivity contribution in [1.29, 1.82) is 0 Å². The van der Waals surface area contributed by atoms with Gasteiger partial charge in [0.1, 0.15) is 5.75 Å². The van der Waals surface area contributed by atoms with E-state index >= 15 is 0 Å². The normalized spacial score (nSPS) is 11.4. The molecule has 0 saturated carbocycles. The van der Waals surface area contributed by atoms with Gasteiger partial charge in [-0.3, -0.25) is 4.79 Å². The Labute approximate surface area is 191 Å². The molecule has 1 amide bonds. The molecule has 0 aliphatic rings. The van der Waals surface area contributed by atoms with Gasteiger partial charge in [0.05, 0.1) is 11.8 Å². The van der Waals surface area contributed by atoms with E-state index in [9.17, 15) is 9.90 Å². The van der Waals surface area contributed by atoms with Crippen molar-refractivity contribution in [1.82, 2.24) is 9.99 Å². The predicted octanol–water partition coefficient (Wildman–Crippen LogP) is 5.62. The lowest BCUT2D eigenvalue weighted by Crippen LogP contribution is -2.17. The molecule has 1 aromatic heterocycles. The topological polar surface area (TPSA) is 66.6 Å². The summed E-state index contributed by atoms with van der Waals surface area (Å²) in [6.07, 6.45) is 3.68. The fourth-order valence-corrected chi connectivity index (χ4v) is 4.03. The summed E-state index contributed by atoms with van der Waals surface area (Å²) in [5.41, 5.74) is 7.18. The molecule has 5 nitrogen and oxygen atoms in total. The maximum absolute atomic E-state index is 12.6. The van der Waals surface area contributed by atoms with E-state index < -0.39 is 5.91 Å². The Morgan fingerprint density at radius 1 is 0.970 bits per heavy atom. The number of carbonyl (C=O) groups is 1. The van der Waals surface area contributed by atoms with Crippen LogP contribution in [0.2, 0.25) is 0 Å². The summed E-state index contributed by atoms with van der Waals surface area (Å²) in [4.78, 5) is 12.6. The van der Waals surface area contributed by atoms with Crippen LogP contribution in [-0.4, -0.2) is 21.8 Å². The molecule has 0 unspecified atom stereocenters. The van der Waals surface area contributed by atoms with Crippen LogP contribution in [-0.2, 0) is 6.54 Å². The molecule has 5 heteroatoms. The summed E-state index contributed by atoms with van der Waals surface area (Å²) in [5.74, 6) is -0.533. The van der Waals surface area contributed by atoms with Gasteiger partial charge < -0.3 is 9.67 Å². The fraction of sp³-hybridized carbons (Fsp3) is 0.0714. The molecule has 0 radical (unpaired) electrons. The van der Waals surface area contributed by atoms with Crippen LogP contribution < -0.4 is 5.43 Å². The largest absolute Gasteiger partial charge is 0.507 e. The Balaban J connectivity index is 1.39. The number of rotatable bonds is 5. The van der Waals surface area contributed by atoms with Crippen LogP contribution in [0, 0.1) is 6.92 Å². The Hall–Kier alpha value is -4.38. The second-order valence-corrected chi connectivity index (χ2v) is 8.13. The first kappa shape index (κ1) is 20.5. The van der Waals surface area contributed by atoms with Gasteiger partial charge in [-0.25, -0.2) is 5.43 Å². The molecular formula is C28H23N3O2. The lowest BCUT2D eigenvalue weighted by molar-refractivity contribution is 0.0952. The molecule has 0 saturated heterocycles. The van der Waals surface area contributed by atoms with Crippen LogP contribution in [0.4, 0.5) is 0 Å². The highest BCUT2D eigenvalue weighted by atomic mass is 16.3. The number of hydrazone groups is 1. The van der Waals surface area contributed by atoms with E-state index in [-0.39, 0.29) is 11.3 Å². The molecular weight excluding hydrogens is 410 g/mol. The maximum Gasteiger partial charge on any atom is 0.275 e. The number of hydrogen-bond acceptors (Lipinski definition) is 3. The third kappa shape index (κ3) is 4.21. The molecule has 162 valence electrons. The van der Waals surface area contributed by atoms with E-state index in [0.717, 1.165) is 33.8 Å². The molecule has 5 rings (SSSR count). The van der Waals surface area contributed by atoms with Crippen LogP contribution >= 0.6 is 0 Å². The van der Waals surface area contributed by atoms with Crippen molar-refractivity contribution in [3.8, 4) is 5.75 Å². The Bertz CT molecular complexity index is 1500. The predicted molar refractivity (Wildman–Crippen MR) is 133 cm³/mol. The van der Waals surface area contributed by atoms with Gasteiger partial charge in [0.2, 0.25) is 0 Å². The molecule has 2 N–H and O–H groups in total. The van der Waals surface area contributed by atoms with E-state index in [1.807, 2.05) is 48.7 Å². The van der Waals surface area contributed by atoms with E-state index in [0.29, 0.717) is 0 Å². The lowest BCUT2D eigenvalue weighted by atomic mass is 10.1. The molecule has 0 spiro atoms. The van der Waals surface area contributed by atoms with Gasteiger partial charge in [-0.2, -0.15) is 5.10 Å². The minimum absolute atomic E-state index is 0.0731. The quantitative estimate of drug-likeness (QED) is 0.279. The minimum atomic E-state index is -0.460. The molecule has 33 heavy (non-hydrogen) atoms. The van der Waals surface area contributed by atoms with Crippen molar-refractivity contribution in [2.75, 3.05) is 0 Å². The molecule has 1 heterocycles. The molecule has 0 bridgehead atoms. The van der Waals surface area contributed by atoms with Crippen LogP contribution in [0.25, 0.3) is 21.7 Å². The van der Waals surface area contributed by atoms with Gasteiger partial charge in [-0.1, -0.05) is 72.3 Å². The number of aromatic hydroxyl groups is 1. The third-order valence-electron chi connectivity index (χ3n) is 5.77. The zero-order valence-electron chi connectivity index (χ0n) is 18.2. The number of fused-ring (bicyclic) bond motifs is 2. The summed E-state index contributed by atoms with van der Waals surface area (Å²) in [7, 11) is 0. The lowest BCUT2D eigenvalue weighted by Gasteiger charge is -2.06. The van der Waals surface area contributed by atoms with Gasteiger partial charge >= 0.3 is 0 Å². The number of amides is 1. The van der Waals surface area contributed by atoms with Gasteiger partial charge in [0.25, 0.3) is 5.91 Å². The summed E-state index contributed by atoms with van der Waals surface area (Å²) in [5, 5.41) is 17.3. The SMILES string of the molecule is Cc1ccc(Cn2cc(C=NNC(=O)c3cc4ccccc4cc3O)c3ccccc32)cc1. The van der Waals surface area contributed by atoms with Crippen molar-refractivity contribution in [2.45, 2.75) is 13.5 Å². The van der Waals surface area contributed by atoms with Gasteiger partial charge in [-0.05, 0) is 41.5 Å². The zero-order valence-corrected chi connectivity index (χ0v) is 18.2. The van der Waals surface area contributed by atoms with Crippen molar-refractivity contribution in [3.05, 3.63) is 113 Å². The number of carbonyl (C=O) groups excluding carboxylic acids is 1. The Kier molecular flexibility index (Phi) is 5.37. The van der Waals surface area contributed by atoms with E-state index in [1.54, 1.807) is 18.3 Å². The number of nitrogens with one attached hydrogen (secondary N) is 1. The number of nitrogens with zero attached hydrogens (tertiary/aromatic N) is 2. The highest BCUT2D eigenvalue weighted by molar-refractivity contribution is 6.03. The highest BCUT2D eigenvalue weighted by Crippen LogP contribution is 2.25. The Morgan fingerprint density at radius 2 is 1.67 bits per heavy atom. The molecule has 0 aliphatic carbocycles. The first-order valence-electron chi connectivity index (χ1n) is 10.8. The van der Waals surface area contributed by atoms with Crippen LogP contribution in [0.5, 0.6) is 5.75 Å². The van der Waals surface area contributed by atoms with Crippen molar-refractivity contribution < 1.29 is 9.90 Å². The average molecular weight is 434 g/mol. The first-order chi connectivity index (χ1) is 16.1. The number of benzene rings is 4. The van der Waals surface area contributed by atoms with Crippen molar-refractivity contribution in [2.24, 2.45) is 5.10 Å². The van der Waals surface area contributed by atoms with Gasteiger partial charge in [0.15, 0.2) is 0 Å². The molecule has 0 atom stereocenters. The summed E-state index contributed by atoms with van der Waals surface area (Å²) < 4.78 is 2.18. The molecule has 4 aromatic carbocycles. The molecule has 0 aliphatic heterocycles. The highest BCUT2D eigenvalue weighted by Gasteiger charge is 2.12. The second kappa shape index (κ2) is 8.63. The van der Waals surface area contributed by atoms with Crippen LogP contribution in [0.3, 0.4) is 0 Å². The van der Waals surface area contributed by atoms with Gasteiger partial charge in [-0.15, -0.1) is 0 Å². The number of aromatic nitrogens is 1. The monoisotopic (exact) mass is 433 g/mol. The Morgan fingerprint density at radius 3 is 2.45 bits per heavy atom. The van der Waals surface area contributed by atoms with Crippen molar-refractivity contribution in [3.63, 3.8) is 0 Å². The standard InChI is InChI=1S/C28H23N3O2/c1-19-10-12-20(13-11-19)17-31-18-23(24-8-4-5-9-26(24)31)16-29-30-28(33)25-14-21-6-2-3-7-22(21)15-27(25)32/h2-16,18,32H,17H2,1H3,(H,30,33). The summed E-state index contributed by atoms with van der Waals surface area (Å²) >= 11 is 0. The van der Waals surface area contributed by atoms with Crippen molar-refractivity contribution >= 4 is 33.8 Å². The zero-order chi connectivity index (χ0) is 22.8. The number of aryl methyl sites for hydroxylation is 1. The van der Waals surface area contributed by atoms with E-state index in [1.165, 1.54) is 11.1 Å². The summed E-state index contributed by atoms with van der Waals surface area (Å²) in [6, 6.07) is 27.4. The van der Waals surface area contributed by atoms with E-state index in [2.05, 4.69) is 52.3 Å². The number of hydrogen-bond donors (Lipinski definition) is 2. The average Bonchev–Trinajstić information content (AvgIpc) is 3.17. The second-order valence-electron chi connectivity index (χ2n) is 8.13. The maximum atomic E-state index is 12.6. The number of para-hydroxylation sites is 1. The summed E-state index contributed by atoms with van der Waals surface area (Å²) in [6.45, 7) is 2.82. The van der Waals surface area contributed by atoms with E-state index in [4.69, 9.17) is 0 Å². The molecule has 0 fully saturated rings. The number of phenolic OH excluding ortho intramolecular Hbond substituents is 1. The smallest absolute Gasteiger partial charge is 0.275 e.